The maximum absolute atomic E-state index is 13.2. The van der Waals surface area contributed by atoms with Crippen molar-refractivity contribution < 1.29 is 9.90 Å². The van der Waals surface area contributed by atoms with E-state index in [1.807, 2.05) is 18.2 Å². The largest absolute Gasteiger partial charge is 0.476 e. The second-order valence-electron chi connectivity index (χ2n) is 10.9. The third-order valence-corrected chi connectivity index (χ3v) is 9.33. The van der Waals surface area contributed by atoms with Crippen LogP contribution in [0.1, 0.15) is 75.3 Å². The molecular weight excluding hydrogens is 390 g/mol. The zero-order chi connectivity index (χ0) is 21.5. The fraction of sp³-hybridized carbons (Fsp3) is 0.640. The summed E-state index contributed by atoms with van der Waals surface area (Å²) in [5, 5.41) is 9.58. The van der Waals surface area contributed by atoms with Gasteiger partial charge in [-0.15, -0.1) is 0 Å². The first-order valence-electron chi connectivity index (χ1n) is 11.9. The molecule has 1 unspecified atom stereocenters. The van der Waals surface area contributed by atoms with Gasteiger partial charge in [-0.25, -0.2) is 9.78 Å². The molecule has 3 saturated carbocycles. The number of nitrogens with zero attached hydrogens (tertiary/aromatic N) is 3. The van der Waals surface area contributed by atoms with E-state index in [2.05, 4.69) is 23.7 Å². The Balaban J connectivity index is 1.36. The fourth-order valence-corrected chi connectivity index (χ4v) is 7.72. The molecule has 164 valence electrons. The van der Waals surface area contributed by atoms with Gasteiger partial charge in [-0.05, 0) is 74.3 Å². The number of carbonyl (C=O) groups is 1. The van der Waals surface area contributed by atoms with Crippen molar-refractivity contribution >= 4 is 17.0 Å². The fourth-order valence-electron chi connectivity index (χ4n) is 7.72. The normalized spacial score (nSPS) is 36.3. The molecule has 1 N–H and O–H groups in total. The molecule has 4 bridgehead atoms. The highest BCUT2D eigenvalue weighted by atomic mass is 16.4. The number of rotatable bonds is 3. The summed E-state index contributed by atoms with van der Waals surface area (Å²) >= 11 is 0. The van der Waals surface area contributed by atoms with E-state index in [9.17, 15) is 14.7 Å². The molecule has 1 aromatic heterocycles. The first kappa shape index (κ1) is 19.5. The first-order chi connectivity index (χ1) is 14.9. The van der Waals surface area contributed by atoms with Crippen molar-refractivity contribution in [2.75, 3.05) is 0 Å². The lowest BCUT2D eigenvalue weighted by atomic mass is 9.47. The van der Waals surface area contributed by atoms with Crippen LogP contribution in [0.5, 0.6) is 0 Å². The summed E-state index contributed by atoms with van der Waals surface area (Å²) in [6.07, 6.45) is 8.29. The molecule has 6 heteroatoms. The van der Waals surface area contributed by atoms with E-state index in [1.165, 1.54) is 32.1 Å². The standard InChI is InChI=1S/C25H31N3O3/c1-25(2)14-7-10-20(18(25)11-14)27-15-8-9-16(27)13-17(12-15)28-21-6-4-3-5-19(21)26-22(23(28)29)24(30)31/h3-6,14-18,20H,7-13H2,1-2H3,(H,30,31)/t14-,15-,16+,17+,18?,20+/m0/s1. The molecule has 6 nitrogen and oxygen atoms in total. The Morgan fingerprint density at radius 2 is 1.74 bits per heavy atom. The number of carboxylic acid groups (broad SMARTS) is 1. The number of carboxylic acids is 1. The Bertz CT molecular complexity index is 1110. The lowest BCUT2D eigenvalue weighted by molar-refractivity contribution is -0.136. The summed E-state index contributed by atoms with van der Waals surface area (Å²) in [6.45, 7) is 4.92. The molecule has 5 aliphatic rings. The summed E-state index contributed by atoms with van der Waals surface area (Å²) in [4.78, 5) is 31.9. The summed E-state index contributed by atoms with van der Waals surface area (Å²) in [7, 11) is 0. The summed E-state index contributed by atoms with van der Waals surface area (Å²) in [5.41, 5.74) is 1.00. The lowest BCUT2D eigenvalue weighted by Gasteiger charge is -2.63. The SMILES string of the molecule is CC1(C)C2C[C@@H]1CC[C@H]2N1[C@@H]2CC[C@H]1C[C@@H](n1c(=O)c(C(=O)O)nc3ccccc31)C2. The Labute approximate surface area is 182 Å². The smallest absolute Gasteiger partial charge is 0.360 e. The number of piperidine rings is 1. The average Bonchev–Trinajstić information content (AvgIpc) is 3.02. The Morgan fingerprint density at radius 1 is 1.03 bits per heavy atom. The summed E-state index contributed by atoms with van der Waals surface area (Å²) in [6, 6.07) is 9.17. The van der Waals surface area contributed by atoms with E-state index in [0.717, 1.165) is 30.2 Å². The van der Waals surface area contributed by atoms with Gasteiger partial charge in [-0.3, -0.25) is 9.69 Å². The minimum Gasteiger partial charge on any atom is -0.476 e. The third kappa shape index (κ3) is 2.70. The number of aromatic carboxylic acids is 1. The van der Waals surface area contributed by atoms with E-state index in [4.69, 9.17) is 0 Å². The molecule has 31 heavy (non-hydrogen) atoms. The zero-order valence-corrected chi connectivity index (χ0v) is 18.3. The molecule has 7 rings (SSSR count). The number of benzene rings is 1. The van der Waals surface area contributed by atoms with Crippen LogP contribution in [0.25, 0.3) is 11.0 Å². The number of aromatic nitrogens is 2. The maximum atomic E-state index is 13.2. The van der Waals surface area contributed by atoms with Crippen molar-refractivity contribution in [3.05, 3.63) is 40.3 Å². The van der Waals surface area contributed by atoms with Crippen LogP contribution in [0, 0.1) is 17.3 Å². The highest BCUT2D eigenvalue weighted by Gasteiger charge is 2.58. The average molecular weight is 422 g/mol. The van der Waals surface area contributed by atoms with E-state index in [0.29, 0.717) is 29.1 Å². The lowest BCUT2D eigenvalue weighted by Crippen LogP contribution is -2.63. The van der Waals surface area contributed by atoms with Gasteiger partial charge in [0, 0.05) is 24.2 Å². The molecule has 1 aromatic carbocycles. The van der Waals surface area contributed by atoms with Gasteiger partial charge in [0.2, 0.25) is 5.69 Å². The van der Waals surface area contributed by atoms with E-state index >= 15 is 0 Å². The first-order valence-corrected chi connectivity index (χ1v) is 11.9. The van der Waals surface area contributed by atoms with Crippen molar-refractivity contribution in [1.29, 1.82) is 0 Å². The van der Waals surface area contributed by atoms with Gasteiger partial charge >= 0.3 is 5.97 Å². The minimum atomic E-state index is -1.24. The van der Waals surface area contributed by atoms with Gasteiger partial charge in [-0.1, -0.05) is 26.0 Å². The highest BCUT2D eigenvalue weighted by molar-refractivity contribution is 5.88. The number of fused-ring (bicyclic) bond motifs is 6. The Morgan fingerprint density at radius 3 is 2.39 bits per heavy atom. The molecule has 2 aliphatic heterocycles. The Kier molecular flexibility index (Phi) is 4.17. The van der Waals surface area contributed by atoms with Crippen LogP contribution >= 0.6 is 0 Å². The highest BCUT2D eigenvalue weighted by Crippen LogP contribution is 2.61. The van der Waals surface area contributed by atoms with Crippen LogP contribution in [0.4, 0.5) is 0 Å². The van der Waals surface area contributed by atoms with Crippen molar-refractivity contribution in [3.8, 4) is 0 Å². The number of hydrogen-bond acceptors (Lipinski definition) is 4. The van der Waals surface area contributed by atoms with Gasteiger partial charge < -0.3 is 9.67 Å². The number of para-hydroxylation sites is 2. The van der Waals surface area contributed by atoms with Crippen molar-refractivity contribution in [2.45, 2.75) is 83.0 Å². The van der Waals surface area contributed by atoms with Crippen LogP contribution in [-0.2, 0) is 0 Å². The van der Waals surface area contributed by atoms with Crippen LogP contribution in [0.3, 0.4) is 0 Å². The van der Waals surface area contributed by atoms with Gasteiger partial charge in [0.15, 0.2) is 0 Å². The number of hydrogen-bond donors (Lipinski definition) is 1. The van der Waals surface area contributed by atoms with E-state index in [1.54, 1.807) is 10.6 Å². The summed E-state index contributed by atoms with van der Waals surface area (Å²) in [5.74, 6) is 0.461. The van der Waals surface area contributed by atoms with Gasteiger partial charge in [0.25, 0.3) is 5.56 Å². The topological polar surface area (TPSA) is 75.4 Å². The predicted molar refractivity (Wildman–Crippen MR) is 118 cm³/mol. The maximum Gasteiger partial charge on any atom is 0.360 e. The van der Waals surface area contributed by atoms with E-state index < -0.39 is 11.5 Å². The molecule has 0 amide bonds. The van der Waals surface area contributed by atoms with Crippen LogP contribution in [-0.4, -0.2) is 43.7 Å². The molecule has 2 aromatic rings. The van der Waals surface area contributed by atoms with Crippen LogP contribution in [0.15, 0.2) is 29.1 Å². The quantitative estimate of drug-likeness (QED) is 0.808. The molecule has 0 radical (unpaired) electrons. The minimum absolute atomic E-state index is 0.0398. The van der Waals surface area contributed by atoms with Gasteiger partial charge in [-0.2, -0.15) is 0 Å². The molecule has 0 spiro atoms. The Hall–Kier alpha value is -2.21. The van der Waals surface area contributed by atoms with Crippen molar-refractivity contribution in [3.63, 3.8) is 0 Å². The third-order valence-electron chi connectivity index (χ3n) is 9.33. The monoisotopic (exact) mass is 421 g/mol. The van der Waals surface area contributed by atoms with Gasteiger partial charge in [0.05, 0.1) is 11.0 Å². The summed E-state index contributed by atoms with van der Waals surface area (Å²) < 4.78 is 1.76. The van der Waals surface area contributed by atoms with Crippen molar-refractivity contribution in [2.24, 2.45) is 17.3 Å². The molecule has 6 atom stereocenters. The van der Waals surface area contributed by atoms with Crippen molar-refractivity contribution in [1.82, 2.24) is 14.5 Å². The molecular formula is C25H31N3O3. The molecule has 5 fully saturated rings. The molecule has 3 heterocycles. The van der Waals surface area contributed by atoms with Crippen LogP contribution in [0.2, 0.25) is 0 Å². The second kappa shape index (κ2) is 6.64. The van der Waals surface area contributed by atoms with E-state index in [-0.39, 0.29) is 11.7 Å². The molecule has 3 aliphatic carbocycles. The predicted octanol–water partition coefficient (Wildman–Crippen LogP) is 4.09. The zero-order valence-electron chi connectivity index (χ0n) is 18.3. The molecule has 2 saturated heterocycles. The van der Waals surface area contributed by atoms with Gasteiger partial charge in [0.1, 0.15) is 0 Å². The second-order valence-corrected chi connectivity index (χ2v) is 10.9. The van der Waals surface area contributed by atoms with Crippen LogP contribution < -0.4 is 5.56 Å².